The second-order valence-corrected chi connectivity index (χ2v) is 8.59. The van der Waals surface area contributed by atoms with Crippen molar-refractivity contribution in [3.8, 4) is 0 Å². The quantitative estimate of drug-likeness (QED) is 0.592. The smallest absolute Gasteiger partial charge is 0.320 e. The van der Waals surface area contributed by atoms with Crippen molar-refractivity contribution in [1.29, 1.82) is 0 Å². The van der Waals surface area contributed by atoms with Gasteiger partial charge >= 0.3 is 11.9 Å². The van der Waals surface area contributed by atoms with Crippen molar-refractivity contribution in [3.05, 3.63) is 35.9 Å². The highest BCUT2D eigenvalue weighted by atomic mass is 16.6. The van der Waals surface area contributed by atoms with E-state index < -0.39 is 29.1 Å². The zero-order chi connectivity index (χ0) is 20.0. The number of esters is 2. The molecule has 5 heteroatoms. The molecule has 0 aliphatic carbocycles. The Hall–Kier alpha value is -1.88. The van der Waals surface area contributed by atoms with Gasteiger partial charge in [0.2, 0.25) is 0 Å². The first-order valence-corrected chi connectivity index (χ1v) is 9.02. The Morgan fingerprint density at radius 2 is 1.38 bits per heavy atom. The third-order valence-electron chi connectivity index (χ3n) is 3.58. The molecule has 146 valence electrons. The van der Waals surface area contributed by atoms with Crippen LogP contribution in [-0.4, -0.2) is 34.9 Å². The van der Waals surface area contributed by atoms with Crippen molar-refractivity contribution >= 4 is 11.9 Å². The predicted molar refractivity (Wildman–Crippen MR) is 101 cm³/mol. The van der Waals surface area contributed by atoms with Gasteiger partial charge < -0.3 is 14.6 Å². The Bertz CT molecular complexity index is 553. The van der Waals surface area contributed by atoms with E-state index in [1.807, 2.05) is 30.3 Å². The van der Waals surface area contributed by atoms with Crippen molar-refractivity contribution in [2.75, 3.05) is 6.61 Å². The van der Waals surface area contributed by atoms with E-state index in [-0.39, 0.29) is 18.9 Å². The highest BCUT2D eigenvalue weighted by molar-refractivity contribution is 5.95. The van der Waals surface area contributed by atoms with Gasteiger partial charge in [-0.2, -0.15) is 0 Å². The van der Waals surface area contributed by atoms with Crippen LogP contribution in [0.2, 0.25) is 0 Å². The molecular formula is C21H32O5. The first-order valence-electron chi connectivity index (χ1n) is 9.02. The van der Waals surface area contributed by atoms with Crippen molar-refractivity contribution in [2.45, 2.75) is 65.6 Å². The standard InChI is InChI=1S/C21H32O5/c1-20(2,3)25-18(23)17(19(24)26-21(4,5)6)13-16(14-22)12-15-10-8-7-9-11-15/h7-11,16-17,22H,12-14H2,1-6H3/t16-/m1/s1. The van der Waals surface area contributed by atoms with Gasteiger partial charge in [-0.25, -0.2) is 0 Å². The summed E-state index contributed by atoms with van der Waals surface area (Å²) in [6.07, 6.45) is 0.745. The van der Waals surface area contributed by atoms with Crippen LogP contribution >= 0.6 is 0 Å². The molecule has 0 heterocycles. The van der Waals surface area contributed by atoms with E-state index in [9.17, 15) is 14.7 Å². The monoisotopic (exact) mass is 364 g/mol. The minimum absolute atomic E-state index is 0.128. The summed E-state index contributed by atoms with van der Waals surface area (Å²) >= 11 is 0. The molecule has 1 rings (SSSR count). The van der Waals surface area contributed by atoms with E-state index in [1.54, 1.807) is 41.5 Å². The summed E-state index contributed by atoms with van der Waals surface area (Å²) in [6.45, 7) is 10.4. The first-order chi connectivity index (χ1) is 11.9. The zero-order valence-corrected chi connectivity index (χ0v) is 16.7. The highest BCUT2D eigenvalue weighted by Crippen LogP contribution is 2.24. The molecule has 0 fully saturated rings. The second kappa shape index (κ2) is 9.17. The fraction of sp³-hybridized carbons (Fsp3) is 0.619. The van der Waals surface area contributed by atoms with E-state index >= 15 is 0 Å². The van der Waals surface area contributed by atoms with Crippen molar-refractivity contribution in [3.63, 3.8) is 0 Å². The van der Waals surface area contributed by atoms with Gasteiger partial charge in [0.15, 0.2) is 5.92 Å². The summed E-state index contributed by atoms with van der Waals surface area (Å²) in [7, 11) is 0. The number of hydrogen-bond donors (Lipinski definition) is 1. The lowest BCUT2D eigenvalue weighted by molar-refractivity contribution is -0.175. The lowest BCUT2D eigenvalue weighted by Gasteiger charge is -2.28. The van der Waals surface area contributed by atoms with Gasteiger partial charge in [-0.15, -0.1) is 0 Å². The van der Waals surface area contributed by atoms with Gasteiger partial charge in [-0.1, -0.05) is 30.3 Å². The minimum atomic E-state index is -1.06. The number of carbonyl (C=O) groups is 2. The molecule has 0 unspecified atom stereocenters. The topological polar surface area (TPSA) is 72.8 Å². The maximum absolute atomic E-state index is 12.6. The summed E-state index contributed by atoms with van der Waals surface area (Å²) in [5, 5.41) is 9.76. The average molecular weight is 364 g/mol. The maximum Gasteiger partial charge on any atom is 0.320 e. The van der Waals surface area contributed by atoms with Gasteiger partial charge in [-0.3, -0.25) is 9.59 Å². The van der Waals surface area contributed by atoms with Gasteiger partial charge in [0.05, 0.1) is 0 Å². The molecule has 0 amide bonds. The molecule has 0 spiro atoms. The van der Waals surface area contributed by atoms with Crippen LogP contribution in [0.1, 0.15) is 53.5 Å². The SMILES string of the molecule is CC(C)(C)OC(=O)C(C[C@H](CO)Cc1ccccc1)C(=O)OC(C)(C)C. The van der Waals surface area contributed by atoms with Crippen molar-refractivity contribution < 1.29 is 24.2 Å². The third kappa shape index (κ3) is 8.48. The van der Waals surface area contributed by atoms with Crippen LogP contribution in [0.5, 0.6) is 0 Å². The summed E-state index contributed by atoms with van der Waals surface area (Å²) in [5.41, 5.74) is -0.365. The lowest BCUT2D eigenvalue weighted by atomic mass is 9.89. The minimum Gasteiger partial charge on any atom is -0.459 e. The molecule has 26 heavy (non-hydrogen) atoms. The van der Waals surface area contributed by atoms with Gasteiger partial charge in [-0.05, 0) is 65.9 Å². The van der Waals surface area contributed by atoms with Gasteiger partial charge in [0.25, 0.3) is 0 Å². The molecule has 1 aromatic rings. The van der Waals surface area contributed by atoms with Crippen LogP contribution < -0.4 is 0 Å². The number of aliphatic hydroxyl groups is 1. The zero-order valence-electron chi connectivity index (χ0n) is 16.7. The highest BCUT2D eigenvalue weighted by Gasteiger charge is 2.36. The summed E-state index contributed by atoms with van der Waals surface area (Å²) in [6, 6.07) is 9.67. The Kier molecular flexibility index (Phi) is 7.82. The fourth-order valence-electron chi connectivity index (χ4n) is 2.54. The van der Waals surface area contributed by atoms with E-state index in [0.717, 1.165) is 5.56 Å². The Morgan fingerprint density at radius 3 is 1.77 bits per heavy atom. The molecule has 0 saturated carbocycles. The van der Waals surface area contributed by atoms with Crippen molar-refractivity contribution in [2.24, 2.45) is 11.8 Å². The maximum atomic E-state index is 12.6. The van der Waals surface area contributed by atoms with E-state index in [0.29, 0.717) is 6.42 Å². The van der Waals surface area contributed by atoms with Crippen molar-refractivity contribution in [1.82, 2.24) is 0 Å². The molecule has 0 bridgehead atoms. The molecule has 5 nitrogen and oxygen atoms in total. The molecule has 0 saturated heterocycles. The average Bonchev–Trinajstić information content (AvgIpc) is 2.48. The first kappa shape index (κ1) is 22.2. The lowest BCUT2D eigenvalue weighted by Crippen LogP contribution is -2.38. The number of ether oxygens (including phenoxy) is 2. The van der Waals surface area contributed by atoms with Crippen LogP contribution in [0, 0.1) is 11.8 Å². The summed E-state index contributed by atoms with van der Waals surface area (Å²) in [4.78, 5) is 25.2. The van der Waals surface area contributed by atoms with Crippen LogP contribution in [0.4, 0.5) is 0 Å². The summed E-state index contributed by atoms with van der Waals surface area (Å²) in [5.74, 6) is -2.53. The predicted octanol–water partition coefficient (Wildman–Crippen LogP) is 3.53. The Labute approximate surface area is 156 Å². The normalized spacial score (nSPS) is 13.4. The van der Waals surface area contributed by atoms with Crippen LogP contribution in [-0.2, 0) is 25.5 Å². The molecule has 1 aromatic carbocycles. The molecule has 1 N–H and O–H groups in total. The Balaban J connectivity index is 2.94. The van der Waals surface area contributed by atoms with Crippen LogP contribution in [0.25, 0.3) is 0 Å². The van der Waals surface area contributed by atoms with Crippen LogP contribution in [0.3, 0.4) is 0 Å². The van der Waals surface area contributed by atoms with Gasteiger partial charge in [0, 0.05) is 6.61 Å². The number of aliphatic hydroxyl groups excluding tert-OH is 1. The molecule has 1 atom stereocenters. The third-order valence-corrected chi connectivity index (χ3v) is 3.58. The number of rotatable bonds is 7. The number of hydrogen-bond acceptors (Lipinski definition) is 5. The number of carbonyl (C=O) groups excluding carboxylic acids is 2. The van der Waals surface area contributed by atoms with Crippen LogP contribution in [0.15, 0.2) is 30.3 Å². The molecule has 0 aliphatic heterocycles. The molecule has 0 aliphatic rings. The van der Waals surface area contributed by atoms with E-state index in [1.165, 1.54) is 0 Å². The number of benzene rings is 1. The fourth-order valence-corrected chi connectivity index (χ4v) is 2.54. The molecular weight excluding hydrogens is 332 g/mol. The van der Waals surface area contributed by atoms with E-state index in [2.05, 4.69) is 0 Å². The second-order valence-electron chi connectivity index (χ2n) is 8.59. The van der Waals surface area contributed by atoms with E-state index in [4.69, 9.17) is 9.47 Å². The molecule has 0 radical (unpaired) electrons. The molecule has 0 aromatic heterocycles. The summed E-state index contributed by atoms with van der Waals surface area (Å²) < 4.78 is 10.8. The Morgan fingerprint density at radius 1 is 0.923 bits per heavy atom. The largest absolute Gasteiger partial charge is 0.459 e. The van der Waals surface area contributed by atoms with Gasteiger partial charge in [0.1, 0.15) is 11.2 Å².